The zero-order chi connectivity index (χ0) is 36.4. The molecule has 10 heteroatoms. The summed E-state index contributed by atoms with van der Waals surface area (Å²) in [7, 11) is 3.17. The zero-order valence-electron chi connectivity index (χ0n) is 29.8. The van der Waals surface area contributed by atoms with E-state index in [0.717, 1.165) is 58.6 Å². The van der Waals surface area contributed by atoms with Crippen LogP contribution in [-0.4, -0.2) is 64.6 Å². The van der Waals surface area contributed by atoms with Crippen LogP contribution in [0.25, 0.3) is 0 Å². The van der Waals surface area contributed by atoms with Crippen molar-refractivity contribution in [2.24, 2.45) is 4.99 Å². The molecule has 0 saturated carbocycles. The number of benzene rings is 4. The van der Waals surface area contributed by atoms with Gasteiger partial charge < -0.3 is 29.2 Å². The largest absolute Gasteiger partial charge is 0.493 e. The van der Waals surface area contributed by atoms with E-state index in [-0.39, 0.29) is 31.2 Å². The molecule has 10 nitrogen and oxygen atoms in total. The fraction of sp³-hybridized carbons (Fsp3) is 0.262. The first-order chi connectivity index (χ1) is 25.3. The average Bonchev–Trinajstić information content (AvgIpc) is 3.68. The number of para-hydroxylation sites is 2. The number of aryl methyl sites for hydroxylation is 1. The number of methoxy groups -OCH3 is 2. The summed E-state index contributed by atoms with van der Waals surface area (Å²) >= 11 is 0. The predicted molar refractivity (Wildman–Crippen MR) is 204 cm³/mol. The highest BCUT2D eigenvalue weighted by molar-refractivity contribution is 6.14. The second-order valence-electron chi connectivity index (χ2n) is 13.3. The number of nitrogens with zero attached hydrogens (tertiary/aromatic N) is 3. The number of fused-ring (bicyclic) bond motifs is 5. The van der Waals surface area contributed by atoms with Crippen LogP contribution in [-0.2, 0) is 17.6 Å². The lowest BCUT2D eigenvalue weighted by Gasteiger charge is -2.23. The highest BCUT2D eigenvalue weighted by atomic mass is 16.5. The molecule has 0 spiro atoms. The minimum atomic E-state index is -0.140. The molecule has 3 aliphatic heterocycles. The second kappa shape index (κ2) is 14.7. The number of rotatable bonds is 13. The van der Waals surface area contributed by atoms with Crippen molar-refractivity contribution < 1.29 is 28.5 Å². The van der Waals surface area contributed by atoms with Gasteiger partial charge in [-0.1, -0.05) is 49.1 Å². The molecule has 7 rings (SSSR count). The van der Waals surface area contributed by atoms with E-state index in [1.165, 1.54) is 5.56 Å². The predicted octanol–water partition coefficient (Wildman–Crippen LogP) is 7.26. The Labute approximate surface area is 304 Å². The minimum absolute atomic E-state index is 0.00717. The number of hydrogen-bond acceptors (Lipinski definition) is 8. The maximum Gasteiger partial charge on any atom is 0.261 e. The molecule has 4 aromatic carbocycles. The molecule has 52 heavy (non-hydrogen) atoms. The maximum atomic E-state index is 13.7. The second-order valence-corrected chi connectivity index (χ2v) is 13.3. The molecule has 3 heterocycles. The van der Waals surface area contributed by atoms with Gasteiger partial charge in [0, 0.05) is 48.4 Å². The summed E-state index contributed by atoms with van der Waals surface area (Å²) in [6.07, 6.45) is 6.19. The van der Waals surface area contributed by atoms with Gasteiger partial charge in [0.2, 0.25) is 6.41 Å². The fourth-order valence-corrected chi connectivity index (χ4v) is 7.13. The summed E-state index contributed by atoms with van der Waals surface area (Å²) in [5, 5.41) is 3.52. The van der Waals surface area contributed by atoms with Crippen LogP contribution in [0.15, 0.2) is 102 Å². The van der Waals surface area contributed by atoms with Gasteiger partial charge in [-0.2, -0.15) is 0 Å². The molecule has 0 bridgehead atoms. The number of hydrogen-bond donors (Lipinski definition) is 1. The first-order valence-electron chi connectivity index (χ1n) is 17.3. The van der Waals surface area contributed by atoms with Crippen LogP contribution in [0.2, 0.25) is 0 Å². The van der Waals surface area contributed by atoms with Gasteiger partial charge >= 0.3 is 0 Å². The van der Waals surface area contributed by atoms with Crippen LogP contribution < -0.4 is 34.1 Å². The lowest BCUT2D eigenvalue weighted by atomic mass is 10.1. The van der Waals surface area contributed by atoms with Crippen molar-refractivity contribution in [2.75, 3.05) is 49.1 Å². The number of aliphatic imine (C=N–C) groups is 1. The molecule has 1 N–H and O–H groups in total. The molecule has 3 aliphatic rings. The first kappa shape index (κ1) is 34.4. The van der Waals surface area contributed by atoms with Gasteiger partial charge in [0.15, 0.2) is 23.0 Å². The summed E-state index contributed by atoms with van der Waals surface area (Å²) in [6, 6.07) is 23.2. The van der Waals surface area contributed by atoms with Gasteiger partial charge in [0.1, 0.15) is 13.2 Å². The highest BCUT2D eigenvalue weighted by Crippen LogP contribution is 2.41. The van der Waals surface area contributed by atoms with Crippen molar-refractivity contribution in [3.05, 3.63) is 119 Å². The van der Waals surface area contributed by atoms with Crippen molar-refractivity contribution in [1.29, 1.82) is 0 Å². The molecule has 4 aromatic rings. The summed E-state index contributed by atoms with van der Waals surface area (Å²) in [4.78, 5) is 34.0. The molecule has 2 atom stereocenters. The van der Waals surface area contributed by atoms with Gasteiger partial charge in [0.25, 0.3) is 5.91 Å². The van der Waals surface area contributed by atoms with Crippen LogP contribution in [0.3, 0.4) is 0 Å². The summed E-state index contributed by atoms with van der Waals surface area (Å²) in [6.45, 7) is 9.23. The quantitative estimate of drug-likeness (QED) is 0.116. The Balaban J connectivity index is 0.980. The average molecular weight is 699 g/mol. The standard InChI is InChI=1S/C42H42N4O6/c1-26(23-51-40-19-34(28(3)15-38(40)49-4)43-21-31-16-29-10-6-8-12-36(29)45(31)25-47)14-27(2)24-52-41-20-35-33(18-39(41)50-5)42(48)46-32(22-44-35)17-30-11-7-9-13-37(30)46/h6-15,18-20,22,25,31-32,43H,1,16-17,21,23-24H2,2-5H3/b27-14+/t31?,32-/m0/s1. The van der Waals surface area contributed by atoms with Crippen molar-refractivity contribution in [1.82, 2.24) is 0 Å². The van der Waals surface area contributed by atoms with E-state index in [0.29, 0.717) is 40.8 Å². The Morgan fingerprint density at radius 2 is 1.58 bits per heavy atom. The van der Waals surface area contributed by atoms with E-state index >= 15 is 0 Å². The Bertz CT molecular complexity index is 2110. The minimum Gasteiger partial charge on any atom is -0.493 e. The molecular weight excluding hydrogens is 656 g/mol. The maximum absolute atomic E-state index is 13.7. The normalized spacial score (nSPS) is 17.1. The Morgan fingerprint density at radius 1 is 0.904 bits per heavy atom. The Hall–Kier alpha value is -6.03. The number of carbonyl (C=O) groups excluding carboxylic acids is 2. The van der Waals surface area contributed by atoms with Crippen molar-refractivity contribution in [3.63, 3.8) is 0 Å². The van der Waals surface area contributed by atoms with Crippen LogP contribution in [0.5, 0.6) is 23.0 Å². The third-order valence-electron chi connectivity index (χ3n) is 9.72. The number of nitrogens with one attached hydrogen (secondary N) is 1. The van der Waals surface area contributed by atoms with Gasteiger partial charge in [-0.05, 0) is 72.4 Å². The van der Waals surface area contributed by atoms with E-state index in [9.17, 15) is 9.59 Å². The lowest BCUT2D eigenvalue weighted by molar-refractivity contribution is -0.107. The van der Waals surface area contributed by atoms with Gasteiger partial charge in [0.05, 0.1) is 37.6 Å². The molecular formula is C42H42N4O6. The van der Waals surface area contributed by atoms with E-state index < -0.39 is 0 Å². The summed E-state index contributed by atoms with van der Waals surface area (Å²) < 4.78 is 23.7. The van der Waals surface area contributed by atoms with Gasteiger partial charge in [-0.15, -0.1) is 0 Å². The molecule has 0 aliphatic carbocycles. The van der Waals surface area contributed by atoms with E-state index in [2.05, 4.69) is 24.0 Å². The smallest absolute Gasteiger partial charge is 0.261 e. The summed E-state index contributed by atoms with van der Waals surface area (Å²) in [5.74, 6) is 2.02. The van der Waals surface area contributed by atoms with Crippen LogP contribution in [0, 0.1) is 6.92 Å². The molecule has 0 fully saturated rings. The lowest BCUT2D eigenvalue weighted by Crippen LogP contribution is -2.37. The summed E-state index contributed by atoms with van der Waals surface area (Å²) in [5.41, 5.74) is 8.74. The molecule has 1 unspecified atom stereocenters. The topological polar surface area (TPSA) is 102 Å². The van der Waals surface area contributed by atoms with Gasteiger partial charge in [-0.3, -0.25) is 19.5 Å². The third-order valence-corrected chi connectivity index (χ3v) is 9.72. The van der Waals surface area contributed by atoms with Crippen molar-refractivity contribution in [2.45, 2.75) is 38.8 Å². The number of carbonyl (C=O) groups is 2. The van der Waals surface area contributed by atoms with E-state index in [1.807, 2.05) is 79.6 Å². The Kier molecular flexibility index (Phi) is 9.71. The molecule has 0 saturated heterocycles. The van der Waals surface area contributed by atoms with Crippen LogP contribution in [0.1, 0.15) is 34.0 Å². The van der Waals surface area contributed by atoms with Gasteiger partial charge in [-0.25, -0.2) is 0 Å². The zero-order valence-corrected chi connectivity index (χ0v) is 29.8. The third kappa shape index (κ3) is 6.71. The first-order valence-corrected chi connectivity index (χ1v) is 17.3. The molecule has 0 radical (unpaired) electrons. The molecule has 266 valence electrons. The fourth-order valence-electron chi connectivity index (χ4n) is 7.13. The molecule has 2 amide bonds. The molecule has 0 aromatic heterocycles. The monoisotopic (exact) mass is 698 g/mol. The van der Waals surface area contributed by atoms with E-state index in [4.69, 9.17) is 23.9 Å². The number of amides is 2. The van der Waals surface area contributed by atoms with Crippen molar-refractivity contribution >= 4 is 41.3 Å². The number of ether oxygens (including phenoxy) is 4. The van der Waals surface area contributed by atoms with Crippen LogP contribution in [0.4, 0.5) is 22.7 Å². The van der Waals surface area contributed by atoms with Crippen molar-refractivity contribution in [3.8, 4) is 23.0 Å². The van der Waals surface area contributed by atoms with E-state index in [1.54, 1.807) is 31.3 Å². The highest BCUT2D eigenvalue weighted by Gasteiger charge is 2.36. The SMILES string of the molecule is C=C(/C=C(\C)COc1cc2c(cc1OC)C(=O)N1c3ccccc3C[C@H]1C=N2)COc1cc(NCC2Cc3ccccc3N2C=O)c(C)cc1OC. The number of anilines is 3. The van der Waals surface area contributed by atoms with Crippen LogP contribution >= 0.6 is 0 Å². The Morgan fingerprint density at radius 3 is 2.33 bits per heavy atom.